The first-order valence-corrected chi connectivity index (χ1v) is 6.76. The number of hydrogen-bond acceptors (Lipinski definition) is 3. The van der Waals surface area contributed by atoms with Crippen molar-refractivity contribution in [3.05, 3.63) is 77.2 Å². The Morgan fingerprint density at radius 3 is 2.76 bits per heavy atom. The summed E-state index contributed by atoms with van der Waals surface area (Å²) >= 11 is 0. The molecule has 0 fully saturated rings. The lowest BCUT2D eigenvalue weighted by molar-refractivity contribution is 0.605. The molecule has 3 rings (SSSR count). The fourth-order valence-electron chi connectivity index (χ4n) is 2.68. The van der Waals surface area contributed by atoms with E-state index in [1.165, 1.54) is 12.1 Å². The second-order valence-corrected chi connectivity index (χ2v) is 5.08. The van der Waals surface area contributed by atoms with Gasteiger partial charge in [0.2, 0.25) is 0 Å². The van der Waals surface area contributed by atoms with E-state index in [9.17, 15) is 4.39 Å². The first-order chi connectivity index (χ1) is 10.2. The van der Waals surface area contributed by atoms with Crippen molar-refractivity contribution >= 4 is 10.9 Å². The number of nitrogens with one attached hydrogen (secondary N) is 1. The molecule has 106 valence electrons. The Hall–Kier alpha value is -2.30. The average Bonchev–Trinajstić information content (AvgIpc) is 2.47. The van der Waals surface area contributed by atoms with Gasteiger partial charge in [-0.2, -0.15) is 0 Å². The Kier molecular flexibility index (Phi) is 3.64. The molecular formula is C17H16FN3. The van der Waals surface area contributed by atoms with Crippen molar-refractivity contribution in [2.24, 2.45) is 5.84 Å². The van der Waals surface area contributed by atoms with Crippen molar-refractivity contribution in [2.45, 2.75) is 13.0 Å². The molecule has 3 aromatic rings. The van der Waals surface area contributed by atoms with Crippen molar-refractivity contribution < 1.29 is 4.39 Å². The predicted molar refractivity (Wildman–Crippen MR) is 82.0 cm³/mol. The highest BCUT2D eigenvalue weighted by molar-refractivity contribution is 5.83. The van der Waals surface area contributed by atoms with Crippen LogP contribution in [0.15, 0.2) is 54.7 Å². The normalized spacial score (nSPS) is 12.5. The van der Waals surface area contributed by atoms with Gasteiger partial charge in [-0.1, -0.05) is 24.3 Å². The van der Waals surface area contributed by atoms with E-state index in [1.54, 1.807) is 6.20 Å². The van der Waals surface area contributed by atoms with Gasteiger partial charge < -0.3 is 0 Å². The molecule has 0 saturated heterocycles. The fourth-order valence-corrected chi connectivity index (χ4v) is 2.68. The Morgan fingerprint density at radius 2 is 2.00 bits per heavy atom. The van der Waals surface area contributed by atoms with Crippen LogP contribution < -0.4 is 11.3 Å². The summed E-state index contributed by atoms with van der Waals surface area (Å²) in [5.74, 6) is 5.47. The minimum atomic E-state index is -0.285. The molecule has 1 heterocycles. The third-order valence-corrected chi connectivity index (χ3v) is 3.55. The molecule has 0 radical (unpaired) electrons. The topological polar surface area (TPSA) is 50.9 Å². The number of rotatable bonds is 3. The minimum Gasteiger partial charge on any atom is -0.271 e. The van der Waals surface area contributed by atoms with Crippen molar-refractivity contribution in [1.82, 2.24) is 10.4 Å². The highest BCUT2D eigenvalue weighted by Crippen LogP contribution is 2.28. The van der Waals surface area contributed by atoms with Crippen LogP contribution in [0.1, 0.15) is 22.7 Å². The second-order valence-electron chi connectivity index (χ2n) is 5.08. The molecule has 0 aliphatic rings. The van der Waals surface area contributed by atoms with Crippen LogP contribution in [0.2, 0.25) is 0 Å². The molecule has 4 heteroatoms. The second kappa shape index (κ2) is 5.60. The maximum absolute atomic E-state index is 13.7. The first kappa shape index (κ1) is 13.7. The molecule has 0 amide bonds. The number of hydrazine groups is 1. The fraction of sp³-hybridized carbons (Fsp3) is 0.118. The molecule has 0 bridgehead atoms. The molecule has 21 heavy (non-hydrogen) atoms. The number of halogens is 1. The van der Waals surface area contributed by atoms with Crippen molar-refractivity contribution in [3.8, 4) is 0 Å². The van der Waals surface area contributed by atoms with Gasteiger partial charge in [-0.15, -0.1) is 0 Å². The van der Waals surface area contributed by atoms with Crippen LogP contribution in [0.3, 0.4) is 0 Å². The zero-order valence-corrected chi connectivity index (χ0v) is 11.7. The van der Waals surface area contributed by atoms with Crippen LogP contribution >= 0.6 is 0 Å². The number of nitrogens with zero attached hydrogens (tertiary/aromatic N) is 1. The maximum atomic E-state index is 13.7. The number of benzene rings is 2. The van der Waals surface area contributed by atoms with E-state index in [0.29, 0.717) is 0 Å². The Bertz CT molecular complexity index is 760. The van der Waals surface area contributed by atoms with E-state index >= 15 is 0 Å². The largest absolute Gasteiger partial charge is 0.271 e. The predicted octanol–water partition coefficient (Wildman–Crippen LogP) is 3.24. The molecule has 0 aliphatic carbocycles. The molecule has 1 atom stereocenters. The molecule has 0 aliphatic heterocycles. The van der Waals surface area contributed by atoms with Crippen LogP contribution in [-0.4, -0.2) is 4.98 Å². The van der Waals surface area contributed by atoms with E-state index in [1.807, 2.05) is 43.3 Å². The van der Waals surface area contributed by atoms with Gasteiger partial charge in [-0.05, 0) is 47.9 Å². The molecule has 2 aromatic carbocycles. The quantitative estimate of drug-likeness (QED) is 0.572. The Balaban J connectivity index is 2.18. The number of aryl methyl sites for hydroxylation is 1. The third-order valence-electron chi connectivity index (χ3n) is 3.55. The van der Waals surface area contributed by atoms with Gasteiger partial charge in [0.15, 0.2) is 0 Å². The zero-order valence-electron chi connectivity index (χ0n) is 11.7. The summed E-state index contributed by atoms with van der Waals surface area (Å²) in [6.07, 6.45) is 1.75. The number of aromatic nitrogens is 1. The zero-order chi connectivity index (χ0) is 14.8. The van der Waals surface area contributed by atoms with E-state index in [2.05, 4.69) is 10.4 Å². The summed E-state index contributed by atoms with van der Waals surface area (Å²) in [5, 5.41) is 1.00. The number of pyridine rings is 1. The van der Waals surface area contributed by atoms with Gasteiger partial charge in [0.05, 0.1) is 11.6 Å². The summed E-state index contributed by atoms with van der Waals surface area (Å²) in [6, 6.07) is 14.4. The van der Waals surface area contributed by atoms with Gasteiger partial charge >= 0.3 is 0 Å². The van der Waals surface area contributed by atoms with Crippen molar-refractivity contribution in [1.29, 1.82) is 0 Å². The van der Waals surface area contributed by atoms with E-state index in [4.69, 9.17) is 5.84 Å². The van der Waals surface area contributed by atoms with Crippen LogP contribution in [0.5, 0.6) is 0 Å². The van der Waals surface area contributed by atoms with Gasteiger partial charge in [-0.25, -0.2) is 9.82 Å². The highest BCUT2D eigenvalue weighted by Gasteiger charge is 2.16. The highest BCUT2D eigenvalue weighted by atomic mass is 19.1. The SMILES string of the molecule is Cc1cc(F)cc(C(NN)c2cccc3ncccc23)c1. The molecule has 3 N–H and O–H groups in total. The lowest BCUT2D eigenvalue weighted by Gasteiger charge is -2.19. The first-order valence-electron chi connectivity index (χ1n) is 6.76. The Morgan fingerprint density at radius 1 is 1.14 bits per heavy atom. The van der Waals surface area contributed by atoms with Gasteiger partial charge in [0.25, 0.3) is 0 Å². The third kappa shape index (κ3) is 2.63. The molecular weight excluding hydrogens is 265 g/mol. The smallest absolute Gasteiger partial charge is 0.123 e. The van der Waals surface area contributed by atoms with E-state index in [-0.39, 0.29) is 11.9 Å². The van der Waals surface area contributed by atoms with E-state index in [0.717, 1.165) is 27.6 Å². The lowest BCUT2D eigenvalue weighted by atomic mass is 9.94. The number of nitrogens with two attached hydrogens (primary N) is 1. The summed E-state index contributed by atoms with van der Waals surface area (Å²) < 4.78 is 13.7. The van der Waals surface area contributed by atoms with Gasteiger partial charge in [0, 0.05) is 11.6 Å². The number of fused-ring (bicyclic) bond motifs is 1. The van der Waals surface area contributed by atoms with Gasteiger partial charge in [0.1, 0.15) is 5.82 Å². The monoisotopic (exact) mass is 281 g/mol. The minimum absolute atomic E-state index is 0.261. The van der Waals surface area contributed by atoms with Crippen LogP contribution in [0.4, 0.5) is 4.39 Å². The summed E-state index contributed by atoms with van der Waals surface area (Å²) in [5.41, 5.74) is 6.32. The van der Waals surface area contributed by atoms with Crippen LogP contribution in [0, 0.1) is 12.7 Å². The van der Waals surface area contributed by atoms with Gasteiger partial charge in [-0.3, -0.25) is 10.8 Å². The standard InChI is InChI=1S/C17H16FN3/c1-11-8-12(10-13(18)9-11)17(21-19)15-4-2-6-16-14(15)5-3-7-20-16/h2-10,17,21H,19H2,1H3. The lowest BCUT2D eigenvalue weighted by Crippen LogP contribution is -2.29. The number of hydrogen-bond donors (Lipinski definition) is 2. The maximum Gasteiger partial charge on any atom is 0.123 e. The summed E-state index contributed by atoms with van der Waals surface area (Å²) in [4.78, 5) is 4.34. The molecule has 1 unspecified atom stereocenters. The van der Waals surface area contributed by atoms with Crippen LogP contribution in [0.25, 0.3) is 10.9 Å². The molecule has 3 nitrogen and oxygen atoms in total. The molecule has 0 saturated carbocycles. The van der Waals surface area contributed by atoms with E-state index < -0.39 is 0 Å². The summed E-state index contributed by atoms with van der Waals surface area (Å²) in [7, 11) is 0. The van der Waals surface area contributed by atoms with Crippen molar-refractivity contribution in [2.75, 3.05) is 0 Å². The van der Waals surface area contributed by atoms with Crippen molar-refractivity contribution in [3.63, 3.8) is 0 Å². The Labute approximate surface area is 122 Å². The molecule has 0 spiro atoms. The van der Waals surface area contributed by atoms with Crippen LogP contribution in [-0.2, 0) is 0 Å². The summed E-state index contributed by atoms with van der Waals surface area (Å²) in [6.45, 7) is 1.87. The molecule has 1 aromatic heterocycles. The average molecular weight is 281 g/mol.